The van der Waals surface area contributed by atoms with Crippen LogP contribution in [0.5, 0.6) is 0 Å². The van der Waals surface area contributed by atoms with Crippen LogP contribution in [0.15, 0.2) is 54.9 Å². The number of aromatic nitrogens is 1. The van der Waals surface area contributed by atoms with Gasteiger partial charge in [-0.25, -0.2) is 0 Å². The van der Waals surface area contributed by atoms with E-state index in [2.05, 4.69) is 52.8 Å². The first-order valence-corrected chi connectivity index (χ1v) is 8.33. The molecule has 0 amide bonds. The summed E-state index contributed by atoms with van der Waals surface area (Å²) in [6.45, 7) is 2.30. The Labute approximate surface area is 132 Å². The van der Waals surface area contributed by atoms with Crippen molar-refractivity contribution in [2.45, 2.75) is 19.3 Å². The van der Waals surface area contributed by atoms with Gasteiger partial charge in [-0.1, -0.05) is 36.4 Å². The van der Waals surface area contributed by atoms with Gasteiger partial charge < -0.3 is 5.32 Å². The van der Waals surface area contributed by atoms with E-state index in [-0.39, 0.29) is 0 Å². The Kier molecular flexibility index (Phi) is 3.77. The van der Waals surface area contributed by atoms with Crippen LogP contribution in [0.1, 0.15) is 24.8 Å². The molecule has 22 heavy (non-hydrogen) atoms. The van der Waals surface area contributed by atoms with E-state index < -0.39 is 0 Å². The Balaban J connectivity index is 1.68. The first kappa shape index (κ1) is 13.7. The highest BCUT2D eigenvalue weighted by Crippen LogP contribution is 2.41. The average Bonchev–Trinajstić information content (AvgIpc) is 2.99. The van der Waals surface area contributed by atoms with Gasteiger partial charge >= 0.3 is 0 Å². The summed E-state index contributed by atoms with van der Waals surface area (Å²) in [6, 6.07) is 12.9. The standard InChI is InChI=1S/C20H22N2/c1-2-4-16(5-3-1)18-12-19(14-22-13-18)20-11-15-6-8-21-9-7-17(20)10-15/h1-5,11-15,17,21H,6-10H2. The summed E-state index contributed by atoms with van der Waals surface area (Å²) in [5, 5.41) is 3.55. The fourth-order valence-electron chi connectivity index (χ4n) is 3.83. The fraction of sp³-hybridized carbons (Fsp3) is 0.350. The Bertz CT molecular complexity index is 675. The molecule has 0 spiro atoms. The number of hydrogen-bond acceptors (Lipinski definition) is 2. The van der Waals surface area contributed by atoms with E-state index >= 15 is 0 Å². The van der Waals surface area contributed by atoms with Crippen LogP contribution in [0.3, 0.4) is 0 Å². The Morgan fingerprint density at radius 3 is 2.64 bits per heavy atom. The molecular weight excluding hydrogens is 268 g/mol. The second kappa shape index (κ2) is 6.05. The average molecular weight is 290 g/mol. The largest absolute Gasteiger partial charge is 0.317 e. The van der Waals surface area contributed by atoms with Gasteiger partial charge in [-0.15, -0.1) is 0 Å². The monoisotopic (exact) mass is 290 g/mol. The maximum Gasteiger partial charge on any atom is 0.0346 e. The highest BCUT2D eigenvalue weighted by molar-refractivity contribution is 5.74. The van der Waals surface area contributed by atoms with Crippen molar-refractivity contribution in [3.05, 3.63) is 60.4 Å². The van der Waals surface area contributed by atoms with Crippen molar-refractivity contribution >= 4 is 5.57 Å². The van der Waals surface area contributed by atoms with Crippen molar-refractivity contribution in [2.75, 3.05) is 13.1 Å². The number of nitrogens with zero attached hydrogens (tertiary/aromatic N) is 1. The van der Waals surface area contributed by atoms with Gasteiger partial charge in [-0.3, -0.25) is 4.98 Å². The summed E-state index contributed by atoms with van der Waals surface area (Å²) in [5.74, 6) is 1.44. The van der Waals surface area contributed by atoms with Gasteiger partial charge in [0.25, 0.3) is 0 Å². The molecule has 1 aliphatic heterocycles. The van der Waals surface area contributed by atoms with Crippen LogP contribution in [0.2, 0.25) is 0 Å². The molecule has 0 radical (unpaired) electrons. The minimum absolute atomic E-state index is 0.700. The predicted molar refractivity (Wildman–Crippen MR) is 91.4 cm³/mol. The molecule has 1 aromatic carbocycles. The van der Waals surface area contributed by atoms with Gasteiger partial charge in [-0.2, -0.15) is 0 Å². The van der Waals surface area contributed by atoms with E-state index in [1.165, 1.54) is 41.5 Å². The van der Waals surface area contributed by atoms with Gasteiger partial charge in [-0.05, 0) is 67.0 Å². The number of hydrogen-bond donors (Lipinski definition) is 1. The van der Waals surface area contributed by atoms with Crippen molar-refractivity contribution in [1.29, 1.82) is 0 Å². The van der Waals surface area contributed by atoms with Crippen LogP contribution < -0.4 is 5.32 Å². The number of nitrogens with one attached hydrogen (secondary N) is 1. The summed E-state index contributed by atoms with van der Waals surface area (Å²) >= 11 is 0. The second-order valence-electron chi connectivity index (χ2n) is 6.47. The first-order valence-electron chi connectivity index (χ1n) is 8.33. The summed E-state index contributed by atoms with van der Waals surface area (Å²) in [4.78, 5) is 4.51. The van der Waals surface area contributed by atoms with Crippen LogP contribution in [-0.2, 0) is 0 Å². The van der Waals surface area contributed by atoms with Crippen molar-refractivity contribution in [3.63, 3.8) is 0 Å². The lowest BCUT2D eigenvalue weighted by Crippen LogP contribution is -2.23. The molecule has 1 fully saturated rings. The van der Waals surface area contributed by atoms with Gasteiger partial charge in [0.15, 0.2) is 0 Å². The Morgan fingerprint density at radius 2 is 1.73 bits per heavy atom. The maximum atomic E-state index is 4.51. The molecule has 2 heteroatoms. The Hall–Kier alpha value is -1.93. The molecule has 112 valence electrons. The molecule has 2 unspecified atom stereocenters. The molecule has 2 aromatic rings. The number of benzene rings is 1. The molecule has 1 N–H and O–H groups in total. The number of rotatable bonds is 2. The lowest BCUT2D eigenvalue weighted by molar-refractivity contribution is 0.420. The summed E-state index contributed by atoms with van der Waals surface area (Å²) in [6.07, 6.45) is 10.4. The molecule has 0 saturated carbocycles. The van der Waals surface area contributed by atoms with Crippen molar-refractivity contribution in [3.8, 4) is 11.1 Å². The molecular formula is C20H22N2. The third kappa shape index (κ3) is 2.71. The molecule has 1 aliphatic carbocycles. The highest BCUT2D eigenvalue weighted by Gasteiger charge is 2.28. The molecule has 2 bridgehead atoms. The predicted octanol–water partition coefficient (Wildman–Crippen LogP) is 4.15. The van der Waals surface area contributed by atoms with Gasteiger partial charge in [0.05, 0.1) is 0 Å². The third-order valence-corrected chi connectivity index (χ3v) is 4.98. The Morgan fingerprint density at radius 1 is 0.909 bits per heavy atom. The smallest absolute Gasteiger partial charge is 0.0346 e. The van der Waals surface area contributed by atoms with E-state index in [4.69, 9.17) is 0 Å². The van der Waals surface area contributed by atoms with E-state index in [9.17, 15) is 0 Å². The topological polar surface area (TPSA) is 24.9 Å². The lowest BCUT2D eigenvalue weighted by atomic mass is 9.90. The summed E-state index contributed by atoms with van der Waals surface area (Å²) in [5.41, 5.74) is 5.30. The molecule has 4 rings (SSSR count). The van der Waals surface area contributed by atoms with E-state index in [0.29, 0.717) is 5.92 Å². The zero-order chi connectivity index (χ0) is 14.8. The summed E-state index contributed by atoms with van der Waals surface area (Å²) < 4.78 is 0. The van der Waals surface area contributed by atoms with E-state index in [1.807, 2.05) is 12.4 Å². The SMILES string of the molecule is C1=C(c2cncc(-c3ccccc3)c2)C2CCNCCC1C2. The van der Waals surface area contributed by atoms with E-state index in [0.717, 1.165) is 19.0 Å². The normalized spacial score (nSPS) is 24.5. The van der Waals surface area contributed by atoms with E-state index in [1.54, 1.807) is 0 Å². The first-order chi connectivity index (χ1) is 10.9. The second-order valence-corrected chi connectivity index (χ2v) is 6.47. The summed E-state index contributed by atoms with van der Waals surface area (Å²) in [7, 11) is 0. The highest BCUT2D eigenvalue weighted by atomic mass is 14.8. The number of fused-ring (bicyclic) bond motifs is 2. The van der Waals surface area contributed by atoms with Gasteiger partial charge in [0.1, 0.15) is 0 Å². The molecule has 2 nitrogen and oxygen atoms in total. The van der Waals surface area contributed by atoms with Gasteiger partial charge in [0, 0.05) is 18.0 Å². The minimum Gasteiger partial charge on any atom is -0.317 e. The van der Waals surface area contributed by atoms with Crippen molar-refractivity contribution < 1.29 is 0 Å². The maximum absolute atomic E-state index is 4.51. The zero-order valence-electron chi connectivity index (χ0n) is 12.8. The van der Waals surface area contributed by atoms with Crippen LogP contribution in [0, 0.1) is 11.8 Å². The number of allylic oxidation sites excluding steroid dienone is 2. The fourth-order valence-corrected chi connectivity index (χ4v) is 3.83. The number of pyridine rings is 1. The zero-order valence-corrected chi connectivity index (χ0v) is 12.8. The van der Waals surface area contributed by atoms with Crippen LogP contribution in [-0.4, -0.2) is 18.1 Å². The van der Waals surface area contributed by atoms with Crippen molar-refractivity contribution in [1.82, 2.24) is 10.3 Å². The quantitative estimate of drug-likeness (QED) is 0.898. The van der Waals surface area contributed by atoms with Crippen LogP contribution >= 0.6 is 0 Å². The molecule has 2 heterocycles. The van der Waals surface area contributed by atoms with Crippen LogP contribution in [0.25, 0.3) is 16.7 Å². The van der Waals surface area contributed by atoms with Crippen LogP contribution in [0.4, 0.5) is 0 Å². The van der Waals surface area contributed by atoms with Crippen molar-refractivity contribution in [2.24, 2.45) is 11.8 Å². The molecule has 2 atom stereocenters. The molecule has 2 aliphatic rings. The molecule has 1 saturated heterocycles. The molecule has 1 aromatic heterocycles. The third-order valence-electron chi connectivity index (χ3n) is 4.98. The minimum atomic E-state index is 0.700. The van der Waals surface area contributed by atoms with Gasteiger partial charge in [0.2, 0.25) is 0 Å². The lowest BCUT2D eigenvalue weighted by Gasteiger charge is -2.19.